The van der Waals surface area contributed by atoms with Crippen LogP contribution in [-0.4, -0.2) is 43.8 Å². The van der Waals surface area contributed by atoms with Crippen LogP contribution in [0.15, 0.2) is 42.5 Å². The maximum Gasteiger partial charge on any atom is 0.257 e. The van der Waals surface area contributed by atoms with Crippen molar-refractivity contribution in [3.63, 3.8) is 0 Å². The van der Waals surface area contributed by atoms with Gasteiger partial charge >= 0.3 is 0 Å². The van der Waals surface area contributed by atoms with Gasteiger partial charge in [0.05, 0.1) is 21.8 Å². The number of carbonyl (C=O) groups is 3. The van der Waals surface area contributed by atoms with Gasteiger partial charge in [0.15, 0.2) is 0 Å². The third-order valence-corrected chi connectivity index (χ3v) is 4.96. The van der Waals surface area contributed by atoms with E-state index in [2.05, 4.69) is 5.32 Å². The number of rotatable bonds is 5. The molecule has 0 spiro atoms. The Morgan fingerprint density at radius 1 is 1.00 bits per heavy atom. The van der Waals surface area contributed by atoms with Crippen molar-refractivity contribution >= 4 is 40.7 Å². The molecule has 0 radical (unpaired) electrons. The molecule has 7 heteroatoms. The summed E-state index contributed by atoms with van der Waals surface area (Å²) in [4.78, 5) is 40.5. The van der Waals surface area contributed by atoms with Gasteiger partial charge in [0.25, 0.3) is 11.8 Å². The zero-order valence-corrected chi connectivity index (χ0v) is 16.8. The van der Waals surface area contributed by atoms with Crippen molar-refractivity contribution in [3.05, 3.63) is 58.6 Å². The molecule has 6 nitrogen and oxygen atoms in total. The third kappa shape index (κ3) is 4.17. The molecule has 1 N–H and O–H groups in total. The molecule has 1 saturated carbocycles. The summed E-state index contributed by atoms with van der Waals surface area (Å²) in [6.45, 7) is 0. The maximum absolute atomic E-state index is 12.9. The molecule has 2 aromatic rings. The monoisotopic (exact) mass is 399 g/mol. The van der Waals surface area contributed by atoms with Crippen molar-refractivity contribution in [3.8, 4) is 0 Å². The standard InChI is InChI=1S/C21H22ClN3O3/c1-24(2)21(28)16-12-14(10-11-17(16)22)23-19(26)15-6-4-5-7-18(15)25(3)20(27)13-8-9-13/h4-7,10-13H,8-9H2,1-3H3,(H,23,26). The fraction of sp³-hybridized carbons (Fsp3) is 0.286. The second-order valence-electron chi connectivity index (χ2n) is 7.04. The van der Waals surface area contributed by atoms with Crippen molar-refractivity contribution in [2.45, 2.75) is 12.8 Å². The molecule has 2 aromatic carbocycles. The van der Waals surface area contributed by atoms with Crippen LogP contribution in [0, 0.1) is 5.92 Å². The number of hydrogen-bond acceptors (Lipinski definition) is 3. The molecule has 0 heterocycles. The topological polar surface area (TPSA) is 69.7 Å². The molecule has 3 rings (SSSR count). The van der Waals surface area contributed by atoms with E-state index in [1.54, 1.807) is 63.6 Å². The summed E-state index contributed by atoms with van der Waals surface area (Å²) in [5.74, 6) is -0.546. The van der Waals surface area contributed by atoms with Crippen LogP contribution in [0.25, 0.3) is 0 Å². The lowest BCUT2D eigenvalue weighted by atomic mass is 10.1. The molecule has 0 aliphatic heterocycles. The molecule has 1 aliphatic carbocycles. The number of nitrogens with zero attached hydrogens (tertiary/aromatic N) is 2. The van der Waals surface area contributed by atoms with Crippen LogP contribution in [0.2, 0.25) is 5.02 Å². The molecular weight excluding hydrogens is 378 g/mol. The first-order valence-electron chi connectivity index (χ1n) is 8.98. The van der Waals surface area contributed by atoms with E-state index in [-0.39, 0.29) is 23.6 Å². The van der Waals surface area contributed by atoms with E-state index in [0.29, 0.717) is 27.5 Å². The smallest absolute Gasteiger partial charge is 0.257 e. The predicted octanol–water partition coefficient (Wildman–Crippen LogP) is 3.67. The normalized spacial score (nSPS) is 13.0. The van der Waals surface area contributed by atoms with Gasteiger partial charge in [-0.2, -0.15) is 0 Å². The number of carbonyl (C=O) groups excluding carboxylic acids is 3. The highest BCUT2D eigenvalue weighted by atomic mass is 35.5. The van der Waals surface area contributed by atoms with Crippen molar-refractivity contribution in [1.82, 2.24) is 4.90 Å². The van der Waals surface area contributed by atoms with Crippen molar-refractivity contribution in [2.24, 2.45) is 5.92 Å². The quantitative estimate of drug-likeness (QED) is 0.834. The molecule has 0 aromatic heterocycles. The Labute approximate surface area is 169 Å². The molecule has 28 heavy (non-hydrogen) atoms. The van der Waals surface area contributed by atoms with Gasteiger partial charge in [0.1, 0.15) is 0 Å². The highest BCUT2D eigenvalue weighted by Crippen LogP contribution is 2.33. The first kappa shape index (κ1) is 19.9. The average molecular weight is 400 g/mol. The number of para-hydroxylation sites is 1. The summed E-state index contributed by atoms with van der Waals surface area (Å²) in [5.41, 5.74) is 1.69. The Morgan fingerprint density at radius 2 is 1.68 bits per heavy atom. The molecule has 0 atom stereocenters. The number of amides is 3. The maximum atomic E-state index is 12.9. The number of nitrogens with one attached hydrogen (secondary N) is 1. The molecule has 146 valence electrons. The van der Waals surface area contributed by atoms with Gasteiger partial charge in [-0.25, -0.2) is 0 Å². The van der Waals surface area contributed by atoms with Gasteiger partial charge < -0.3 is 15.1 Å². The first-order chi connectivity index (χ1) is 13.3. The third-order valence-electron chi connectivity index (χ3n) is 4.63. The molecule has 1 aliphatic rings. The van der Waals surface area contributed by atoms with E-state index in [9.17, 15) is 14.4 Å². The fourth-order valence-corrected chi connectivity index (χ4v) is 3.09. The Morgan fingerprint density at radius 3 is 2.32 bits per heavy atom. The van der Waals surface area contributed by atoms with E-state index < -0.39 is 0 Å². The van der Waals surface area contributed by atoms with Gasteiger partial charge in [-0.05, 0) is 43.2 Å². The van der Waals surface area contributed by atoms with Gasteiger partial charge in [0.2, 0.25) is 5.91 Å². The van der Waals surface area contributed by atoms with E-state index >= 15 is 0 Å². The molecule has 0 unspecified atom stereocenters. The van der Waals surface area contributed by atoms with Crippen LogP contribution < -0.4 is 10.2 Å². The summed E-state index contributed by atoms with van der Waals surface area (Å²) in [5, 5.41) is 3.10. The van der Waals surface area contributed by atoms with E-state index in [0.717, 1.165) is 12.8 Å². The zero-order valence-electron chi connectivity index (χ0n) is 16.0. The highest BCUT2D eigenvalue weighted by molar-refractivity contribution is 6.34. The van der Waals surface area contributed by atoms with Gasteiger partial charge in [-0.3, -0.25) is 14.4 Å². The predicted molar refractivity (Wildman–Crippen MR) is 110 cm³/mol. The summed E-state index contributed by atoms with van der Waals surface area (Å²) in [7, 11) is 4.95. The van der Waals surface area contributed by atoms with Crippen LogP contribution in [0.5, 0.6) is 0 Å². The average Bonchev–Trinajstić information content (AvgIpc) is 3.53. The van der Waals surface area contributed by atoms with Gasteiger partial charge in [-0.1, -0.05) is 23.7 Å². The second-order valence-corrected chi connectivity index (χ2v) is 7.44. The summed E-state index contributed by atoms with van der Waals surface area (Å²) >= 11 is 6.12. The molecule has 0 saturated heterocycles. The number of benzene rings is 2. The fourth-order valence-electron chi connectivity index (χ4n) is 2.89. The van der Waals surface area contributed by atoms with Crippen molar-refractivity contribution in [1.29, 1.82) is 0 Å². The summed E-state index contributed by atoms with van der Waals surface area (Å²) in [6, 6.07) is 11.7. The molecule has 1 fully saturated rings. The van der Waals surface area contributed by atoms with Crippen LogP contribution in [0.1, 0.15) is 33.6 Å². The summed E-state index contributed by atoms with van der Waals surface area (Å²) < 4.78 is 0. The first-order valence-corrected chi connectivity index (χ1v) is 9.36. The minimum atomic E-state index is -0.364. The minimum Gasteiger partial charge on any atom is -0.345 e. The number of hydrogen-bond donors (Lipinski definition) is 1. The largest absolute Gasteiger partial charge is 0.345 e. The lowest BCUT2D eigenvalue weighted by molar-refractivity contribution is -0.119. The van der Waals surface area contributed by atoms with Crippen LogP contribution in [-0.2, 0) is 4.79 Å². The van der Waals surface area contributed by atoms with Gasteiger partial charge in [-0.15, -0.1) is 0 Å². The van der Waals surface area contributed by atoms with Crippen LogP contribution in [0.4, 0.5) is 11.4 Å². The van der Waals surface area contributed by atoms with Crippen LogP contribution in [0.3, 0.4) is 0 Å². The molecular formula is C21H22ClN3O3. The van der Waals surface area contributed by atoms with E-state index in [1.165, 1.54) is 9.80 Å². The molecule has 3 amide bonds. The number of anilines is 2. The lowest BCUT2D eigenvalue weighted by Crippen LogP contribution is -2.30. The Balaban J connectivity index is 1.85. The van der Waals surface area contributed by atoms with Crippen molar-refractivity contribution in [2.75, 3.05) is 31.4 Å². The summed E-state index contributed by atoms with van der Waals surface area (Å²) in [6.07, 6.45) is 1.79. The lowest BCUT2D eigenvalue weighted by Gasteiger charge is -2.20. The minimum absolute atomic E-state index is 0.0191. The van der Waals surface area contributed by atoms with Gasteiger partial charge in [0, 0.05) is 32.7 Å². The second kappa shape index (κ2) is 8.02. The number of halogens is 1. The molecule has 0 bridgehead atoms. The Kier molecular flexibility index (Phi) is 5.70. The van der Waals surface area contributed by atoms with E-state index in [1.807, 2.05) is 0 Å². The van der Waals surface area contributed by atoms with E-state index in [4.69, 9.17) is 11.6 Å². The van der Waals surface area contributed by atoms with Crippen molar-refractivity contribution < 1.29 is 14.4 Å². The highest BCUT2D eigenvalue weighted by Gasteiger charge is 2.33. The Bertz CT molecular complexity index is 938. The van der Waals surface area contributed by atoms with Crippen LogP contribution >= 0.6 is 11.6 Å². The SMILES string of the molecule is CN(C)C(=O)c1cc(NC(=O)c2ccccc2N(C)C(=O)C2CC2)ccc1Cl. The Hall–Kier alpha value is -2.86. The zero-order chi connectivity index (χ0) is 20.4.